The van der Waals surface area contributed by atoms with Crippen LogP contribution in [0.2, 0.25) is 0 Å². The molecule has 3 nitrogen and oxygen atoms in total. The second-order valence-electron chi connectivity index (χ2n) is 3.94. The Morgan fingerprint density at radius 1 is 0.929 bits per heavy atom. The van der Waals surface area contributed by atoms with Crippen LogP contribution in [0.15, 0.2) is 0 Å². The molecule has 0 saturated heterocycles. The minimum Gasteiger partial charge on any atom is -0.211 e. The van der Waals surface area contributed by atoms with Crippen LogP contribution in [-0.4, -0.2) is 13.7 Å². The fraction of sp³-hybridized carbons (Fsp3) is 1.00. The van der Waals surface area contributed by atoms with Crippen molar-refractivity contribution in [2.75, 3.05) is 0 Å². The van der Waals surface area contributed by atoms with Crippen molar-refractivity contribution in [1.82, 2.24) is 2.94 Å². The van der Waals surface area contributed by atoms with Gasteiger partial charge in [0.1, 0.15) is 0 Å². The Hall–Kier alpha value is 0.640. The van der Waals surface area contributed by atoms with Gasteiger partial charge in [0.25, 0.3) is 0 Å². The smallest absolute Gasteiger partial charge is 0.211 e. The molecule has 0 aliphatic heterocycles. The maximum absolute atomic E-state index is 11.6. The highest BCUT2D eigenvalue weighted by Crippen LogP contribution is 2.21. The van der Waals surface area contributed by atoms with Crippen molar-refractivity contribution >= 4 is 32.9 Å². The van der Waals surface area contributed by atoms with Crippen molar-refractivity contribution in [3.63, 3.8) is 0 Å². The zero-order valence-electron chi connectivity index (χ0n) is 8.34. The van der Waals surface area contributed by atoms with E-state index in [0.29, 0.717) is 0 Å². The molecule has 0 aromatic heterocycles. The molecule has 1 aliphatic carbocycles. The highest BCUT2D eigenvalue weighted by molar-refractivity contribution is 14.1. The minimum atomic E-state index is -3.04. The molecule has 0 atom stereocenters. The Kier molecular flexibility index (Phi) is 5.69. The number of hydrogen-bond donors (Lipinski definition) is 1. The van der Waals surface area contributed by atoms with Gasteiger partial charge in [0.05, 0.1) is 5.25 Å². The largest absolute Gasteiger partial charge is 0.222 e. The first-order valence-corrected chi connectivity index (χ1v) is 7.90. The van der Waals surface area contributed by atoms with Gasteiger partial charge in [0.2, 0.25) is 10.0 Å². The van der Waals surface area contributed by atoms with E-state index in [1.54, 1.807) is 22.9 Å². The summed E-state index contributed by atoms with van der Waals surface area (Å²) >= 11 is 1.73. The normalized spacial score (nSPS) is 22.4. The number of rotatable bonds is 2. The van der Waals surface area contributed by atoms with Crippen LogP contribution >= 0.6 is 22.9 Å². The van der Waals surface area contributed by atoms with E-state index in [2.05, 4.69) is 2.94 Å². The van der Waals surface area contributed by atoms with Crippen LogP contribution in [0.25, 0.3) is 0 Å². The van der Waals surface area contributed by atoms with E-state index < -0.39 is 10.0 Å². The topological polar surface area (TPSA) is 46.2 Å². The lowest BCUT2D eigenvalue weighted by Crippen LogP contribution is -2.28. The molecule has 1 aliphatic rings. The Morgan fingerprint density at radius 3 is 1.79 bits per heavy atom. The number of nitrogens with one attached hydrogen (secondary N) is 1. The van der Waals surface area contributed by atoms with E-state index in [1.165, 1.54) is 25.7 Å². The molecule has 0 unspecified atom stereocenters. The summed E-state index contributed by atoms with van der Waals surface area (Å²) in [6, 6.07) is 0. The quantitative estimate of drug-likeness (QED) is 0.625. The van der Waals surface area contributed by atoms with Gasteiger partial charge < -0.3 is 0 Å². The molecule has 5 heteroatoms. The predicted octanol–water partition coefficient (Wildman–Crippen LogP) is 2.76. The molecule has 0 amide bonds. The fourth-order valence-corrected chi connectivity index (χ4v) is 4.13. The van der Waals surface area contributed by atoms with Crippen molar-refractivity contribution in [2.45, 2.75) is 56.6 Å². The second-order valence-corrected chi connectivity index (χ2v) is 7.18. The Morgan fingerprint density at radius 2 is 1.36 bits per heavy atom. The third kappa shape index (κ3) is 4.02. The molecule has 0 aromatic rings. The van der Waals surface area contributed by atoms with Gasteiger partial charge in [-0.2, -0.15) is 2.94 Å². The van der Waals surface area contributed by atoms with Crippen LogP contribution < -0.4 is 2.94 Å². The maximum Gasteiger partial charge on any atom is 0.222 e. The molecule has 0 heterocycles. The van der Waals surface area contributed by atoms with E-state index in [9.17, 15) is 8.42 Å². The monoisotopic (exact) mass is 331 g/mol. The molecule has 0 aromatic carbocycles. The minimum absolute atomic E-state index is 0.155. The number of halogens is 1. The average molecular weight is 331 g/mol. The summed E-state index contributed by atoms with van der Waals surface area (Å²) in [6.45, 7) is 0. The Balaban J connectivity index is 2.56. The Bertz CT molecular complexity index is 244. The highest BCUT2D eigenvalue weighted by Gasteiger charge is 2.23. The summed E-state index contributed by atoms with van der Waals surface area (Å²) in [6.07, 6.45) is 8.69. The second kappa shape index (κ2) is 6.27. The van der Waals surface area contributed by atoms with Crippen molar-refractivity contribution in [2.24, 2.45) is 0 Å². The predicted molar refractivity (Wildman–Crippen MR) is 66.8 cm³/mol. The van der Waals surface area contributed by atoms with Gasteiger partial charge in [-0.05, 0) is 12.8 Å². The first kappa shape index (κ1) is 12.7. The van der Waals surface area contributed by atoms with E-state index in [0.717, 1.165) is 25.7 Å². The average Bonchev–Trinajstić information content (AvgIpc) is 2.30. The fourth-order valence-electron chi connectivity index (χ4n) is 1.97. The van der Waals surface area contributed by atoms with Crippen molar-refractivity contribution in [3.05, 3.63) is 0 Å². The highest BCUT2D eigenvalue weighted by atomic mass is 127. The molecular weight excluding hydrogens is 313 g/mol. The van der Waals surface area contributed by atoms with Gasteiger partial charge >= 0.3 is 0 Å². The van der Waals surface area contributed by atoms with Crippen LogP contribution in [0.1, 0.15) is 51.4 Å². The van der Waals surface area contributed by atoms with E-state index in [1.807, 2.05) is 0 Å². The molecule has 0 spiro atoms. The van der Waals surface area contributed by atoms with Crippen LogP contribution in [0, 0.1) is 0 Å². The van der Waals surface area contributed by atoms with Crippen molar-refractivity contribution in [3.8, 4) is 0 Å². The summed E-state index contributed by atoms with van der Waals surface area (Å²) in [4.78, 5) is 0. The zero-order chi connectivity index (χ0) is 10.4. The third-order valence-corrected chi connectivity index (χ3v) is 6.25. The molecule has 14 heavy (non-hydrogen) atoms. The standard InChI is InChI=1S/C9H18INO2S/c10-11-14(12,13)9-7-5-3-1-2-4-6-8-9/h9,11H,1-8H2. The number of sulfonamides is 1. The van der Waals surface area contributed by atoms with Crippen LogP contribution in [-0.2, 0) is 10.0 Å². The maximum atomic E-state index is 11.6. The van der Waals surface area contributed by atoms with Gasteiger partial charge in [-0.3, -0.25) is 0 Å². The lowest BCUT2D eigenvalue weighted by molar-refractivity contribution is 0.547. The third-order valence-electron chi connectivity index (χ3n) is 2.85. The SMILES string of the molecule is O=S(=O)(NI)C1CCCCCCCC1. The van der Waals surface area contributed by atoms with Crippen LogP contribution in [0.4, 0.5) is 0 Å². The molecular formula is C9H18INO2S. The van der Waals surface area contributed by atoms with Gasteiger partial charge in [0.15, 0.2) is 0 Å². The lowest BCUT2D eigenvalue weighted by atomic mass is 10.1. The molecule has 0 radical (unpaired) electrons. The molecule has 0 bridgehead atoms. The van der Waals surface area contributed by atoms with Gasteiger partial charge in [-0.1, -0.05) is 38.5 Å². The summed E-state index contributed by atoms with van der Waals surface area (Å²) in [7, 11) is -3.04. The molecule has 84 valence electrons. The van der Waals surface area contributed by atoms with Crippen LogP contribution in [0.5, 0.6) is 0 Å². The van der Waals surface area contributed by atoms with Gasteiger partial charge in [0, 0.05) is 22.9 Å². The van der Waals surface area contributed by atoms with Crippen LogP contribution in [0.3, 0.4) is 0 Å². The van der Waals surface area contributed by atoms with Crippen molar-refractivity contribution < 1.29 is 8.42 Å². The van der Waals surface area contributed by atoms with E-state index in [4.69, 9.17) is 0 Å². The van der Waals surface area contributed by atoms with Crippen molar-refractivity contribution in [1.29, 1.82) is 0 Å². The zero-order valence-corrected chi connectivity index (χ0v) is 11.3. The first-order valence-electron chi connectivity index (χ1n) is 5.28. The Labute approximate surface area is 101 Å². The molecule has 1 saturated carbocycles. The first-order chi connectivity index (χ1) is 6.67. The van der Waals surface area contributed by atoms with Gasteiger partial charge in [-0.25, -0.2) is 8.42 Å². The van der Waals surface area contributed by atoms with E-state index in [-0.39, 0.29) is 5.25 Å². The molecule has 1 fully saturated rings. The summed E-state index contributed by atoms with van der Waals surface area (Å²) in [5, 5.41) is -0.155. The van der Waals surface area contributed by atoms with Gasteiger partial charge in [-0.15, -0.1) is 0 Å². The summed E-state index contributed by atoms with van der Waals surface area (Å²) < 4.78 is 25.6. The molecule has 1 rings (SSSR count). The molecule has 1 N–H and O–H groups in total. The summed E-state index contributed by atoms with van der Waals surface area (Å²) in [5.41, 5.74) is 0. The summed E-state index contributed by atoms with van der Waals surface area (Å²) in [5.74, 6) is 0. The van der Waals surface area contributed by atoms with E-state index >= 15 is 0 Å². The number of hydrogen-bond acceptors (Lipinski definition) is 2. The lowest BCUT2D eigenvalue weighted by Gasteiger charge is -2.14.